The number of aromatic nitrogens is 1. The summed E-state index contributed by atoms with van der Waals surface area (Å²) >= 11 is 8.10. The van der Waals surface area contributed by atoms with E-state index in [1.54, 1.807) is 17.5 Å². The Morgan fingerprint density at radius 1 is 1.11 bits per heavy atom. The zero-order valence-electron chi connectivity index (χ0n) is 26.3. The van der Waals surface area contributed by atoms with Crippen LogP contribution in [-0.4, -0.2) is 77.9 Å². The Morgan fingerprint density at radius 2 is 1.82 bits per heavy atom. The molecule has 3 amide bonds. The minimum Gasteiger partial charge on any atom is -0.489 e. The maximum Gasteiger partial charge on any atom is 0.230 e. The Balaban J connectivity index is 0.00000148. The van der Waals surface area contributed by atoms with Crippen LogP contribution in [0.4, 0.5) is 0 Å². The van der Waals surface area contributed by atoms with Gasteiger partial charge in [-0.15, -0.1) is 11.3 Å². The van der Waals surface area contributed by atoms with Gasteiger partial charge in [-0.3, -0.25) is 24.3 Å². The van der Waals surface area contributed by atoms with Gasteiger partial charge >= 0.3 is 0 Å². The molecule has 5 N–H and O–H groups in total. The number of thiophene rings is 1. The molecule has 0 spiro atoms. The van der Waals surface area contributed by atoms with Gasteiger partial charge in [-0.1, -0.05) is 18.5 Å². The van der Waals surface area contributed by atoms with Crippen LogP contribution >= 0.6 is 22.9 Å². The molecular formula is C33H45ClN6O4S. The number of nitrogens with zero attached hydrogens (tertiary/aromatic N) is 3. The molecule has 0 bridgehead atoms. The molecule has 4 heterocycles. The number of carbonyl (C=O) groups is 3. The number of fused-ring (bicyclic) bond motifs is 1. The summed E-state index contributed by atoms with van der Waals surface area (Å²) in [6.07, 6.45) is 6.38. The Hall–Kier alpha value is -3.09. The van der Waals surface area contributed by atoms with Crippen molar-refractivity contribution in [1.82, 2.24) is 20.1 Å². The Labute approximate surface area is 274 Å². The average molecular weight is 657 g/mol. The lowest BCUT2D eigenvalue weighted by Crippen LogP contribution is -2.39. The standard InChI is InChI=1S/C31H38ClN5O4S.C2H7N/c1-20-16-21(32)17-25(24-7-12-34-26-18-23(42-31(24)26)19-37-28(39)5-6-29(37)40)30(20)41-22-8-14-36(15-9-22)13-3-11-35-27(38)4-2-10-33;1-2-3/h7,12,16-18,22H,2-6,8-11,13-15,19,33H2,1H3,(H,35,38);2-3H2,1H3. The smallest absolute Gasteiger partial charge is 0.230 e. The van der Waals surface area contributed by atoms with Crippen LogP contribution in [0, 0.1) is 6.92 Å². The number of amides is 3. The first-order chi connectivity index (χ1) is 21.7. The van der Waals surface area contributed by atoms with Crippen molar-refractivity contribution < 1.29 is 19.1 Å². The molecule has 0 atom stereocenters. The molecule has 0 aliphatic carbocycles. The number of hydrogen-bond donors (Lipinski definition) is 3. The first-order valence-corrected chi connectivity index (χ1v) is 17.0. The molecule has 0 radical (unpaired) electrons. The van der Waals surface area contributed by atoms with Crippen LogP contribution in [0.15, 0.2) is 30.5 Å². The Bertz CT molecular complexity index is 1460. The summed E-state index contributed by atoms with van der Waals surface area (Å²) in [6, 6.07) is 7.81. The SMILES string of the molecule is CCN.Cc1cc(Cl)cc(-c2ccnc3cc(CN4C(=O)CCC4=O)sc23)c1OC1CCN(CCCNC(=O)CCCN)CC1. The number of rotatable bonds is 12. The van der Waals surface area contributed by atoms with E-state index >= 15 is 0 Å². The van der Waals surface area contributed by atoms with Gasteiger partial charge in [0.15, 0.2) is 0 Å². The van der Waals surface area contributed by atoms with Gasteiger partial charge in [-0.25, -0.2) is 0 Å². The van der Waals surface area contributed by atoms with Crippen LogP contribution in [0.1, 0.15) is 62.3 Å². The summed E-state index contributed by atoms with van der Waals surface area (Å²) in [5.74, 6) is 0.653. The molecule has 2 aromatic heterocycles. The molecule has 45 heavy (non-hydrogen) atoms. The fraction of sp³-hybridized carbons (Fsp3) is 0.515. The summed E-state index contributed by atoms with van der Waals surface area (Å²) in [5, 5.41) is 3.61. The zero-order valence-corrected chi connectivity index (χ0v) is 27.9. The second-order valence-electron chi connectivity index (χ2n) is 11.4. The van der Waals surface area contributed by atoms with Crippen molar-refractivity contribution in [2.45, 2.75) is 71.4 Å². The second-order valence-corrected chi connectivity index (χ2v) is 13.0. The highest BCUT2D eigenvalue weighted by Crippen LogP contribution is 2.42. The van der Waals surface area contributed by atoms with Gasteiger partial charge in [0.2, 0.25) is 17.7 Å². The third-order valence-electron chi connectivity index (χ3n) is 7.86. The molecule has 2 saturated heterocycles. The van der Waals surface area contributed by atoms with Gasteiger partial charge in [-0.2, -0.15) is 0 Å². The molecule has 2 aliphatic heterocycles. The normalized spacial score (nSPS) is 15.8. The third kappa shape index (κ3) is 9.46. The number of likely N-dealkylation sites (tertiary alicyclic amines) is 2. The van der Waals surface area contributed by atoms with Crippen LogP contribution in [0.5, 0.6) is 5.75 Å². The number of hydrogen-bond acceptors (Lipinski definition) is 9. The number of piperidine rings is 1. The van der Waals surface area contributed by atoms with Crippen LogP contribution < -0.4 is 21.5 Å². The third-order valence-corrected chi connectivity index (χ3v) is 9.22. The summed E-state index contributed by atoms with van der Waals surface area (Å²) in [4.78, 5) is 45.4. The first kappa shape index (κ1) is 34.8. The average Bonchev–Trinajstić information content (AvgIpc) is 3.58. The molecule has 1 aromatic carbocycles. The van der Waals surface area contributed by atoms with Crippen molar-refractivity contribution in [3.63, 3.8) is 0 Å². The number of ether oxygens (including phenoxy) is 1. The highest BCUT2D eigenvalue weighted by Gasteiger charge is 2.29. The molecule has 2 fully saturated rings. The lowest BCUT2D eigenvalue weighted by molar-refractivity contribution is -0.139. The quantitative estimate of drug-likeness (QED) is 0.189. The van der Waals surface area contributed by atoms with E-state index in [9.17, 15) is 14.4 Å². The maximum absolute atomic E-state index is 12.2. The van der Waals surface area contributed by atoms with Gasteiger partial charge in [0, 0.05) is 66.1 Å². The molecule has 244 valence electrons. The van der Waals surface area contributed by atoms with E-state index in [0.717, 1.165) is 89.4 Å². The van der Waals surface area contributed by atoms with Gasteiger partial charge in [0.25, 0.3) is 0 Å². The van der Waals surface area contributed by atoms with E-state index in [0.29, 0.717) is 24.5 Å². The van der Waals surface area contributed by atoms with E-state index in [2.05, 4.69) is 15.2 Å². The van der Waals surface area contributed by atoms with E-state index in [1.165, 1.54) is 4.90 Å². The zero-order chi connectivity index (χ0) is 32.3. The molecular weight excluding hydrogens is 612 g/mol. The van der Waals surface area contributed by atoms with Gasteiger partial charge in [-0.05, 0) is 82.1 Å². The highest BCUT2D eigenvalue weighted by molar-refractivity contribution is 7.19. The van der Waals surface area contributed by atoms with Gasteiger partial charge in [0.1, 0.15) is 11.9 Å². The number of pyridine rings is 1. The molecule has 3 aromatic rings. The van der Waals surface area contributed by atoms with Crippen LogP contribution in [0.2, 0.25) is 5.02 Å². The monoisotopic (exact) mass is 656 g/mol. The number of nitrogens with one attached hydrogen (secondary N) is 1. The molecule has 10 nitrogen and oxygen atoms in total. The number of imide groups is 1. The Kier molecular flexibility index (Phi) is 13.1. The highest BCUT2D eigenvalue weighted by atomic mass is 35.5. The van der Waals surface area contributed by atoms with E-state index in [4.69, 9.17) is 27.8 Å². The summed E-state index contributed by atoms with van der Waals surface area (Å²) in [7, 11) is 0. The van der Waals surface area contributed by atoms with Gasteiger partial charge in [0.05, 0.1) is 16.8 Å². The minimum atomic E-state index is -0.122. The molecule has 2 aliphatic rings. The molecule has 0 saturated carbocycles. The fourth-order valence-corrected chi connectivity index (χ4v) is 7.02. The number of nitrogens with two attached hydrogens (primary N) is 2. The predicted molar refractivity (Wildman–Crippen MR) is 180 cm³/mol. The van der Waals surface area contributed by atoms with Crippen molar-refractivity contribution in [3.8, 4) is 16.9 Å². The largest absolute Gasteiger partial charge is 0.489 e. The van der Waals surface area contributed by atoms with E-state index in [1.807, 2.05) is 38.1 Å². The topological polar surface area (TPSA) is 144 Å². The van der Waals surface area contributed by atoms with Crippen molar-refractivity contribution >= 4 is 50.9 Å². The molecule has 12 heteroatoms. The Morgan fingerprint density at radius 3 is 2.51 bits per heavy atom. The second kappa shape index (κ2) is 17.0. The molecule has 0 unspecified atom stereocenters. The van der Waals surface area contributed by atoms with Crippen molar-refractivity contribution in [2.24, 2.45) is 11.5 Å². The predicted octanol–water partition coefficient (Wildman–Crippen LogP) is 4.63. The van der Waals surface area contributed by atoms with Gasteiger partial charge < -0.3 is 26.4 Å². The first-order valence-electron chi connectivity index (χ1n) is 15.8. The lowest BCUT2D eigenvalue weighted by Gasteiger charge is -2.33. The lowest BCUT2D eigenvalue weighted by atomic mass is 10.0. The minimum absolute atomic E-state index is 0.0729. The van der Waals surface area contributed by atoms with Crippen LogP contribution in [0.25, 0.3) is 21.3 Å². The number of carbonyl (C=O) groups excluding carboxylic acids is 3. The van der Waals surface area contributed by atoms with E-state index < -0.39 is 0 Å². The number of halogens is 1. The summed E-state index contributed by atoms with van der Waals surface area (Å²) < 4.78 is 7.67. The maximum atomic E-state index is 12.2. The van der Waals surface area contributed by atoms with Crippen molar-refractivity contribution in [2.75, 3.05) is 39.3 Å². The molecule has 5 rings (SSSR count). The number of aryl methyl sites for hydroxylation is 1. The van der Waals surface area contributed by atoms with Crippen LogP contribution in [0.3, 0.4) is 0 Å². The van der Waals surface area contributed by atoms with E-state index in [-0.39, 0.29) is 43.2 Å². The van der Waals surface area contributed by atoms with Crippen LogP contribution in [-0.2, 0) is 20.9 Å². The number of benzene rings is 1. The van der Waals surface area contributed by atoms with Crippen molar-refractivity contribution in [3.05, 3.63) is 45.9 Å². The fourth-order valence-electron chi connectivity index (χ4n) is 5.62. The van der Waals surface area contributed by atoms with Crippen molar-refractivity contribution in [1.29, 1.82) is 0 Å². The summed E-state index contributed by atoms with van der Waals surface area (Å²) in [5.41, 5.74) is 14.0. The summed E-state index contributed by atoms with van der Waals surface area (Å²) in [6.45, 7) is 8.99.